The third-order valence-electron chi connectivity index (χ3n) is 2.50. The highest BCUT2D eigenvalue weighted by Crippen LogP contribution is 2.14. The smallest absolute Gasteiger partial charge is 0.202 e. The molecule has 1 aromatic heterocycles. The molecule has 0 spiro atoms. The average Bonchev–Trinajstić information content (AvgIpc) is 2.61. The van der Waals surface area contributed by atoms with Crippen LogP contribution in [0.3, 0.4) is 0 Å². The molecule has 3 nitrogen and oxygen atoms in total. The van der Waals surface area contributed by atoms with Gasteiger partial charge in [0.05, 0.1) is 0 Å². The van der Waals surface area contributed by atoms with E-state index in [2.05, 4.69) is 42.4 Å². The van der Waals surface area contributed by atoms with E-state index in [4.69, 9.17) is 0 Å². The van der Waals surface area contributed by atoms with Gasteiger partial charge < -0.3 is 5.32 Å². The lowest BCUT2D eigenvalue weighted by Gasteiger charge is -2.14. The van der Waals surface area contributed by atoms with Crippen molar-refractivity contribution in [3.63, 3.8) is 0 Å². The molecule has 0 aliphatic carbocycles. The summed E-state index contributed by atoms with van der Waals surface area (Å²) in [6.45, 7) is 9.78. The number of aromatic nitrogens is 2. The summed E-state index contributed by atoms with van der Waals surface area (Å²) >= 11 is 1.46. The fourth-order valence-corrected chi connectivity index (χ4v) is 1.61. The van der Waals surface area contributed by atoms with E-state index in [0.29, 0.717) is 11.8 Å². The van der Waals surface area contributed by atoms with Gasteiger partial charge in [0.25, 0.3) is 0 Å². The van der Waals surface area contributed by atoms with Gasteiger partial charge in [0, 0.05) is 24.5 Å². The topological polar surface area (TPSA) is 37.8 Å². The Morgan fingerprint density at radius 3 is 2.57 bits per heavy atom. The Labute approximate surface area is 90.1 Å². The number of rotatable bonds is 5. The van der Waals surface area contributed by atoms with E-state index in [9.17, 15) is 0 Å². The molecule has 1 heterocycles. The van der Waals surface area contributed by atoms with Gasteiger partial charge in [0.15, 0.2) is 0 Å². The Balaban J connectivity index is 2.37. The molecule has 0 radical (unpaired) electrons. The van der Waals surface area contributed by atoms with Crippen LogP contribution >= 0.6 is 11.5 Å². The van der Waals surface area contributed by atoms with E-state index in [1.54, 1.807) is 0 Å². The highest BCUT2D eigenvalue weighted by Gasteiger charge is 2.08. The first-order valence-corrected chi connectivity index (χ1v) is 5.97. The lowest BCUT2D eigenvalue weighted by molar-refractivity contribution is 0.439. The lowest BCUT2D eigenvalue weighted by atomic mass is 9.98. The van der Waals surface area contributed by atoms with E-state index in [1.165, 1.54) is 11.5 Å². The Hall–Kier alpha value is -0.640. The third-order valence-corrected chi connectivity index (χ3v) is 3.21. The predicted octanol–water partition coefficient (Wildman–Crippen LogP) is 2.80. The zero-order valence-electron chi connectivity index (χ0n) is 9.37. The largest absolute Gasteiger partial charge is 0.360 e. The maximum atomic E-state index is 4.36. The van der Waals surface area contributed by atoms with E-state index < -0.39 is 0 Å². The molecule has 1 N–H and O–H groups in total. The Bertz CT molecular complexity index is 270. The molecule has 0 aliphatic rings. The second kappa shape index (κ2) is 5.29. The van der Waals surface area contributed by atoms with Crippen molar-refractivity contribution in [1.29, 1.82) is 0 Å². The molecule has 0 saturated carbocycles. The van der Waals surface area contributed by atoms with Gasteiger partial charge in [-0.3, -0.25) is 0 Å². The number of aryl methyl sites for hydroxylation is 1. The zero-order chi connectivity index (χ0) is 10.6. The molecule has 4 heteroatoms. The highest BCUT2D eigenvalue weighted by molar-refractivity contribution is 7.09. The molecule has 0 aliphatic heterocycles. The van der Waals surface area contributed by atoms with Crippen LogP contribution < -0.4 is 5.32 Å². The molecule has 1 aromatic rings. The molecular formula is C10H19N3S. The monoisotopic (exact) mass is 213 g/mol. The number of nitrogens with one attached hydrogen (secondary N) is 1. The van der Waals surface area contributed by atoms with Crippen molar-refractivity contribution in [2.24, 2.45) is 11.8 Å². The average molecular weight is 213 g/mol. The van der Waals surface area contributed by atoms with Crippen LogP contribution in [0.2, 0.25) is 0 Å². The van der Waals surface area contributed by atoms with Gasteiger partial charge in [0.2, 0.25) is 5.13 Å². The highest BCUT2D eigenvalue weighted by atomic mass is 32.1. The maximum Gasteiger partial charge on any atom is 0.202 e. The Morgan fingerprint density at radius 1 is 1.36 bits per heavy atom. The van der Waals surface area contributed by atoms with E-state index in [0.717, 1.165) is 23.9 Å². The number of hydrogen-bond acceptors (Lipinski definition) is 4. The van der Waals surface area contributed by atoms with Gasteiger partial charge >= 0.3 is 0 Å². The third kappa shape index (κ3) is 3.25. The quantitative estimate of drug-likeness (QED) is 0.817. The van der Waals surface area contributed by atoms with E-state index in [-0.39, 0.29) is 0 Å². The molecule has 80 valence electrons. The first-order valence-electron chi connectivity index (χ1n) is 5.20. The van der Waals surface area contributed by atoms with Gasteiger partial charge in [-0.1, -0.05) is 27.7 Å². The summed E-state index contributed by atoms with van der Waals surface area (Å²) in [5.74, 6) is 2.32. The predicted molar refractivity (Wildman–Crippen MR) is 61.8 cm³/mol. The van der Waals surface area contributed by atoms with E-state index in [1.807, 2.05) is 0 Å². The SMILES string of the molecule is CCc1nsc(NCC(C)C(C)C)n1. The van der Waals surface area contributed by atoms with Crippen LogP contribution in [-0.4, -0.2) is 15.9 Å². The van der Waals surface area contributed by atoms with Crippen LogP contribution in [0.4, 0.5) is 5.13 Å². The minimum absolute atomic E-state index is 0.670. The standard InChI is InChI=1S/C10H19N3S/c1-5-9-12-10(14-13-9)11-6-8(4)7(2)3/h7-8H,5-6H2,1-4H3,(H,11,12,13). The fourth-order valence-electron chi connectivity index (χ4n) is 0.953. The first-order chi connectivity index (χ1) is 6.63. The molecule has 0 bridgehead atoms. The minimum Gasteiger partial charge on any atom is -0.360 e. The number of hydrogen-bond donors (Lipinski definition) is 1. The number of anilines is 1. The lowest BCUT2D eigenvalue weighted by Crippen LogP contribution is -2.16. The molecule has 0 saturated heterocycles. The van der Waals surface area contributed by atoms with Crippen molar-refractivity contribution in [1.82, 2.24) is 9.36 Å². The van der Waals surface area contributed by atoms with Crippen LogP contribution in [0.1, 0.15) is 33.5 Å². The first kappa shape index (κ1) is 11.4. The summed E-state index contributed by atoms with van der Waals surface area (Å²) in [4.78, 5) is 4.36. The summed E-state index contributed by atoms with van der Waals surface area (Å²) in [6, 6.07) is 0. The van der Waals surface area contributed by atoms with Crippen molar-refractivity contribution in [3.05, 3.63) is 5.82 Å². The maximum absolute atomic E-state index is 4.36. The summed E-state index contributed by atoms with van der Waals surface area (Å²) in [7, 11) is 0. The van der Waals surface area contributed by atoms with Crippen molar-refractivity contribution < 1.29 is 0 Å². The molecule has 1 rings (SSSR count). The molecule has 0 amide bonds. The van der Waals surface area contributed by atoms with Crippen LogP contribution in [0.25, 0.3) is 0 Å². The van der Waals surface area contributed by atoms with Crippen molar-refractivity contribution in [2.45, 2.75) is 34.1 Å². The van der Waals surface area contributed by atoms with Crippen molar-refractivity contribution in [2.75, 3.05) is 11.9 Å². The van der Waals surface area contributed by atoms with Crippen molar-refractivity contribution in [3.8, 4) is 0 Å². The molecule has 0 fully saturated rings. The second-order valence-corrected chi connectivity index (χ2v) is 4.72. The summed E-state index contributed by atoms with van der Waals surface area (Å²) in [5, 5.41) is 4.28. The Morgan fingerprint density at radius 2 is 2.07 bits per heavy atom. The van der Waals surface area contributed by atoms with Crippen LogP contribution in [0.5, 0.6) is 0 Å². The van der Waals surface area contributed by atoms with Crippen molar-refractivity contribution >= 4 is 16.7 Å². The van der Waals surface area contributed by atoms with Crippen LogP contribution in [-0.2, 0) is 6.42 Å². The summed E-state index contributed by atoms with van der Waals surface area (Å²) in [6.07, 6.45) is 0.915. The summed E-state index contributed by atoms with van der Waals surface area (Å²) in [5.41, 5.74) is 0. The number of nitrogens with zero attached hydrogens (tertiary/aromatic N) is 2. The van der Waals surface area contributed by atoms with Gasteiger partial charge in [-0.05, 0) is 11.8 Å². The van der Waals surface area contributed by atoms with Gasteiger partial charge in [-0.15, -0.1) is 0 Å². The molecule has 1 atom stereocenters. The van der Waals surface area contributed by atoms with Gasteiger partial charge in [0.1, 0.15) is 5.82 Å². The second-order valence-electron chi connectivity index (χ2n) is 3.97. The summed E-state index contributed by atoms with van der Waals surface area (Å²) < 4.78 is 4.23. The normalized spacial score (nSPS) is 13.2. The fraction of sp³-hybridized carbons (Fsp3) is 0.800. The van der Waals surface area contributed by atoms with Gasteiger partial charge in [-0.2, -0.15) is 4.37 Å². The molecule has 14 heavy (non-hydrogen) atoms. The minimum atomic E-state index is 0.670. The molecule has 0 aromatic carbocycles. The van der Waals surface area contributed by atoms with Crippen LogP contribution in [0.15, 0.2) is 0 Å². The zero-order valence-corrected chi connectivity index (χ0v) is 10.2. The molecular weight excluding hydrogens is 194 g/mol. The van der Waals surface area contributed by atoms with Crippen LogP contribution in [0, 0.1) is 11.8 Å². The van der Waals surface area contributed by atoms with Gasteiger partial charge in [-0.25, -0.2) is 4.98 Å². The van der Waals surface area contributed by atoms with E-state index >= 15 is 0 Å². The molecule has 1 unspecified atom stereocenters. The Kier molecular flexibility index (Phi) is 4.32.